The van der Waals surface area contributed by atoms with Crippen molar-refractivity contribution in [2.45, 2.75) is 6.42 Å². The van der Waals surface area contributed by atoms with Crippen LogP contribution in [0.15, 0.2) is 36.5 Å². The van der Waals surface area contributed by atoms with Gasteiger partial charge in [0.1, 0.15) is 5.75 Å². The molecule has 0 bridgehead atoms. The molecule has 4 nitrogen and oxygen atoms in total. The second-order valence-corrected chi connectivity index (χ2v) is 4.12. The van der Waals surface area contributed by atoms with Crippen LogP contribution < -0.4 is 10.1 Å². The Kier molecular flexibility index (Phi) is 4.92. The van der Waals surface area contributed by atoms with Gasteiger partial charge in [-0.15, -0.1) is 0 Å². The maximum absolute atomic E-state index is 13.3. The van der Waals surface area contributed by atoms with Gasteiger partial charge in [0, 0.05) is 6.54 Å². The van der Waals surface area contributed by atoms with Crippen molar-refractivity contribution in [2.75, 3.05) is 18.5 Å². The standard InChI is InChI=1S/C13H13ClFN3O/c14-13-17-9-11(15)12(18-13)16-7-4-8-19-10-5-2-1-3-6-10/h1-3,5-6,9H,4,7-8H2,(H,16,17,18). The summed E-state index contributed by atoms with van der Waals surface area (Å²) in [6.45, 7) is 1.08. The van der Waals surface area contributed by atoms with E-state index in [1.807, 2.05) is 30.3 Å². The summed E-state index contributed by atoms with van der Waals surface area (Å²) in [6.07, 6.45) is 1.76. The summed E-state index contributed by atoms with van der Waals surface area (Å²) in [6, 6.07) is 9.52. The van der Waals surface area contributed by atoms with E-state index in [0.29, 0.717) is 13.2 Å². The van der Waals surface area contributed by atoms with E-state index in [1.165, 1.54) is 0 Å². The first-order chi connectivity index (χ1) is 9.25. The quantitative estimate of drug-likeness (QED) is 0.653. The molecule has 1 heterocycles. The van der Waals surface area contributed by atoms with Crippen LogP contribution in [0.1, 0.15) is 6.42 Å². The van der Waals surface area contributed by atoms with Crippen LogP contribution in [0.2, 0.25) is 5.28 Å². The Balaban J connectivity index is 1.71. The van der Waals surface area contributed by atoms with Gasteiger partial charge in [-0.3, -0.25) is 0 Å². The number of rotatable bonds is 6. The van der Waals surface area contributed by atoms with E-state index < -0.39 is 5.82 Å². The van der Waals surface area contributed by atoms with E-state index in [1.54, 1.807) is 0 Å². The molecular weight excluding hydrogens is 269 g/mol. The maximum atomic E-state index is 13.3. The summed E-state index contributed by atoms with van der Waals surface area (Å²) in [5.41, 5.74) is 0. The topological polar surface area (TPSA) is 47.0 Å². The van der Waals surface area contributed by atoms with Crippen molar-refractivity contribution in [3.8, 4) is 5.75 Å². The number of nitrogens with one attached hydrogen (secondary N) is 1. The summed E-state index contributed by atoms with van der Waals surface area (Å²) in [5, 5.41) is 2.87. The van der Waals surface area contributed by atoms with Gasteiger partial charge in [0.15, 0.2) is 11.6 Å². The molecule has 100 valence electrons. The number of hydrogen-bond donors (Lipinski definition) is 1. The van der Waals surface area contributed by atoms with E-state index in [4.69, 9.17) is 16.3 Å². The number of hydrogen-bond acceptors (Lipinski definition) is 4. The molecular formula is C13H13ClFN3O. The van der Waals surface area contributed by atoms with Gasteiger partial charge in [0.05, 0.1) is 12.8 Å². The van der Waals surface area contributed by atoms with Crippen LogP contribution in [0, 0.1) is 5.82 Å². The highest BCUT2D eigenvalue weighted by molar-refractivity contribution is 6.28. The molecule has 0 saturated carbocycles. The lowest BCUT2D eigenvalue weighted by Crippen LogP contribution is -2.10. The summed E-state index contributed by atoms with van der Waals surface area (Å²) in [4.78, 5) is 7.29. The minimum Gasteiger partial charge on any atom is -0.494 e. The first-order valence-corrected chi connectivity index (χ1v) is 6.23. The summed E-state index contributed by atoms with van der Waals surface area (Å²) < 4.78 is 18.8. The van der Waals surface area contributed by atoms with Gasteiger partial charge >= 0.3 is 0 Å². The highest BCUT2D eigenvalue weighted by Crippen LogP contribution is 2.12. The van der Waals surface area contributed by atoms with Crippen molar-refractivity contribution < 1.29 is 9.13 Å². The second kappa shape index (κ2) is 6.89. The lowest BCUT2D eigenvalue weighted by Gasteiger charge is -2.08. The Bertz CT molecular complexity index is 525. The normalized spacial score (nSPS) is 10.2. The molecule has 6 heteroatoms. The van der Waals surface area contributed by atoms with Crippen molar-refractivity contribution >= 4 is 17.4 Å². The number of aromatic nitrogens is 2. The van der Waals surface area contributed by atoms with Gasteiger partial charge in [-0.25, -0.2) is 9.37 Å². The number of anilines is 1. The third kappa shape index (κ3) is 4.37. The summed E-state index contributed by atoms with van der Waals surface area (Å²) in [7, 11) is 0. The zero-order valence-corrected chi connectivity index (χ0v) is 10.9. The largest absolute Gasteiger partial charge is 0.494 e. The monoisotopic (exact) mass is 281 g/mol. The molecule has 0 aliphatic rings. The average Bonchev–Trinajstić information content (AvgIpc) is 2.43. The summed E-state index contributed by atoms with van der Waals surface area (Å²) >= 11 is 5.58. The van der Waals surface area contributed by atoms with Gasteiger partial charge in [-0.1, -0.05) is 18.2 Å². The van der Waals surface area contributed by atoms with Crippen LogP contribution in [0.25, 0.3) is 0 Å². The Hall–Kier alpha value is -1.88. The van der Waals surface area contributed by atoms with Gasteiger partial charge < -0.3 is 10.1 Å². The van der Waals surface area contributed by atoms with Crippen LogP contribution in [-0.2, 0) is 0 Å². The van der Waals surface area contributed by atoms with E-state index in [9.17, 15) is 4.39 Å². The highest BCUT2D eigenvalue weighted by atomic mass is 35.5. The number of ether oxygens (including phenoxy) is 1. The molecule has 1 aromatic carbocycles. The van der Waals surface area contributed by atoms with Crippen LogP contribution >= 0.6 is 11.6 Å². The fourth-order valence-electron chi connectivity index (χ4n) is 1.46. The van der Waals surface area contributed by atoms with E-state index in [-0.39, 0.29) is 11.1 Å². The maximum Gasteiger partial charge on any atom is 0.224 e. The van der Waals surface area contributed by atoms with Crippen molar-refractivity contribution in [3.63, 3.8) is 0 Å². The first-order valence-electron chi connectivity index (χ1n) is 5.85. The van der Waals surface area contributed by atoms with Crippen molar-refractivity contribution in [2.24, 2.45) is 0 Å². The Labute approximate surface area is 115 Å². The molecule has 19 heavy (non-hydrogen) atoms. The minimum atomic E-state index is -0.520. The van der Waals surface area contributed by atoms with E-state index in [2.05, 4.69) is 15.3 Å². The first kappa shape index (κ1) is 13.5. The Morgan fingerprint density at radius 1 is 1.26 bits per heavy atom. The third-order valence-electron chi connectivity index (χ3n) is 2.34. The van der Waals surface area contributed by atoms with E-state index in [0.717, 1.165) is 18.4 Å². The van der Waals surface area contributed by atoms with Gasteiger partial charge in [-0.2, -0.15) is 4.98 Å². The lowest BCUT2D eigenvalue weighted by atomic mass is 10.3. The molecule has 0 saturated heterocycles. The highest BCUT2D eigenvalue weighted by Gasteiger charge is 2.04. The molecule has 1 N–H and O–H groups in total. The van der Waals surface area contributed by atoms with Crippen molar-refractivity contribution in [1.82, 2.24) is 9.97 Å². The number of benzene rings is 1. The lowest BCUT2D eigenvalue weighted by molar-refractivity contribution is 0.315. The van der Waals surface area contributed by atoms with Crippen molar-refractivity contribution in [1.29, 1.82) is 0 Å². The molecule has 2 aromatic rings. The van der Waals surface area contributed by atoms with Crippen LogP contribution in [0.4, 0.5) is 10.2 Å². The number of para-hydroxylation sites is 1. The van der Waals surface area contributed by atoms with Crippen LogP contribution in [-0.4, -0.2) is 23.1 Å². The molecule has 0 aliphatic heterocycles. The predicted molar refractivity (Wildman–Crippen MR) is 72.0 cm³/mol. The Morgan fingerprint density at radius 2 is 2.05 bits per heavy atom. The molecule has 0 radical (unpaired) electrons. The smallest absolute Gasteiger partial charge is 0.224 e. The molecule has 0 aliphatic carbocycles. The molecule has 1 aromatic heterocycles. The van der Waals surface area contributed by atoms with Gasteiger partial charge in [-0.05, 0) is 30.2 Å². The minimum absolute atomic E-state index is 0.0180. The van der Waals surface area contributed by atoms with Crippen LogP contribution in [0.3, 0.4) is 0 Å². The molecule has 0 atom stereocenters. The third-order valence-corrected chi connectivity index (χ3v) is 2.52. The number of halogens is 2. The van der Waals surface area contributed by atoms with Crippen LogP contribution in [0.5, 0.6) is 5.75 Å². The SMILES string of the molecule is Fc1cnc(Cl)nc1NCCCOc1ccccc1. The predicted octanol–water partition coefficient (Wildman–Crippen LogP) is 3.15. The summed E-state index contributed by atoms with van der Waals surface area (Å²) in [5.74, 6) is 0.409. The molecule has 2 rings (SSSR count). The molecule has 0 spiro atoms. The number of nitrogens with zero attached hydrogens (tertiary/aromatic N) is 2. The van der Waals surface area contributed by atoms with Crippen molar-refractivity contribution in [3.05, 3.63) is 47.6 Å². The fraction of sp³-hybridized carbons (Fsp3) is 0.231. The average molecular weight is 282 g/mol. The fourth-order valence-corrected chi connectivity index (χ4v) is 1.59. The van der Waals surface area contributed by atoms with Gasteiger partial charge in [0.25, 0.3) is 0 Å². The second-order valence-electron chi connectivity index (χ2n) is 3.78. The Morgan fingerprint density at radius 3 is 2.84 bits per heavy atom. The van der Waals surface area contributed by atoms with E-state index >= 15 is 0 Å². The zero-order valence-electron chi connectivity index (χ0n) is 10.1. The molecule has 0 amide bonds. The zero-order chi connectivity index (χ0) is 13.5. The van der Waals surface area contributed by atoms with Gasteiger partial charge in [0.2, 0.25) is 5.28 Å². The molecule has 0 unspecified atom stereocenters. The molecule has 0 fully saturated rings.